The third-order valence-corrected chi connectivity index (χ3v) is 8.09. The molecule has 0 saturated heterocycles. The number of pyridine rings is 2. The largest absolute Gasteiger partial charge is 0.493 e. The van der Waals surface area contributed by atoms with Crippen molar-refractivity contribution in [3.63, 3.8) is 0 Å². The van der Waals surface area contributed by atoms with Crippen molar-refractivity contribution in [2.45, 2.75) is 17.7 Å². The minimum absolute atomic E-state index is 0.0961. The number of ketones is 1. The second kappa shape index (κ2) is 13.0. The number of benzene rings is 2. The molecule has 5 aromatic rings. The van der Waals surface area contributed by atoms with Gasteiger partial charge in [-0.1, -0.05) is 59.9 Å². The Kier molecular flexibility index (Phi) is 9.18. The van der Waals surface area contributed by atoms with E-state index in [0.29, 0.717) is 36.8 Å². The number of carbonyl (C=O) groups excluding carboxylic acids is 1. The Morgan fingerprint density at radius 2 is 1.57 bits per heavy atom. The van der Waals surface area contributed by atoms with Crippen molar-refractivity contribution in [3.8, 4) is 22.8 Å². The monoisotopic (exact) mass is 726 g/mol. The molecule has 0 bridgehead atoms. The predicted molar refractivity (Wildman–Crippen MR) is 167 cm³/mol. The minimum Gasteiger partial charge on any atom is -0.493 e. The van der Waals surface area contributed by atoms with E-state index < -0.39 is 0 Å². The van der Waals surface area contributed by atoms with Crippen LogP contribution in [0.25, 0.3) is 16.9 Å². The summed E-state index contributed by atoms with van der Waals surface area (Å²) in [4.78, 5) is 20.2. The van der Waals surface area contributed by atoms with Crippen LogP contribution in [0.4, 0.5) is 5.82 Å². The van der Waals surface area contributed by atoms with Gasteiger partial charge in [-0.2, -0.15) is 0 Å². The zero-order valence-corrected chi connectivity index (χ0v) is 26.0. The summed E-state index contributed by atoms with van der Waals surface area (Å²) in [6.45, 7) is 1.26. The molecule has 0 aliphatic carbocycles. The Morgan fingerprint density at radius 3 is 2.27 bits per heavy atom. The summed E-state index contributed by atoms with van der Waals surface area (Å²) in [7, 11) is 0. The fourth-order valence-corrected chi connectivity index (χ4v) is 5.50. The minimum atomic E-state index is -0.127. The first kappa shape index (κ1) is 28.3. The second-order valence-corrected chi connectivity index (χ2v) is 11.9. The van der Waals surface area contributed by atoms with Gasteiger partial charge in [0, 0.05) is 39.7 Å². The number of hydrogen-bond donors (Lipinski definition) is 1. The van der Waals surface area contributed by atoms with E-state index in [4.69, 9.17) is 20.2 Å². The Hall–Kier alpha value is -3.21. The zero-order valence-electron chi connectivity index (χ0n) is 21.3. The first-order valence-electron chi connectivity index (χ1n) is 12.6. The Balaban J connectivity index is 0.000000135. The number of Topliss-reactive ketones (excluding diaryl/α,β-unsaturated/α-hetero) is 1. The van der Waals surface area contributed by atoms with Crippen LogP contribution >= 0.6 is 47.8 Å². The van der Waals surface area contributed by atoms with E-state index in [9.17, 15) is 4.79 Å². The number of alkyl halides is 1. The molecule has 7 nitrogen and oxygen atoms in total. The molecule has 0 amide bonds. The van der Waals surface area contributed by atoms with Gasteiger partial charge in [0.25, 0.3) is 0 Å². The van der Waals surface area contributed by atoms with Gasteiger partial charge < -0.3 is 19.6 Å². The molecule has 0 fully saturated rings. The summed E-state index contributed by atoms with van der Waals surface area (Å²) in [5.74, 6) is 2.26. The van der Waals surface area contributed by atoms with Crippen LogP contribution in [-0.2, 0) is 6.42 Å². The van der Waals surface area contributed by atoms with Crippen molar-refractivity contribution in [3.05, 3.63) is 105 Å². The first-order chi connectivity index (χ1) is 19.4. The summed E-state index contributed by atoms with van der Waals surface area (Å²) in [5.41, 5.74) is 10.2. The van der Waals surface area contributed by atoms with Crippen LogP contribution in [0.1, 0.15) is 22.5 Å². The van der Waals surface area contributed by atoms with Gasteiger partial charge in [0.1, 0.15) is 23.0 Å². The third-order valence-electron chi connectivity index (χ3n) is 6.23. The summed E-state index contributed by atoms with van der Waals surface area (Å²) in [5, 5.41) is 0. The van der Waals surface area contributed by atoms with Gasteiger partial charge in [-0.3, -0.25) is 4.79 Å². The number of ether oxygens (including phenoxy) is 2. The van der Waals surface area contributed by atoms with Crippen molar-refractivity contribution >= 4 is 65.0 Å². The number of halogens is 3. The lowest BCUT2D eigenvalue weighted by Crippen LogP contribution is -2.12. The number of rotatable bonds is 0. The molecule has 7 rings (SSSR count). The van der Waals surface area contributed by atoms with Crippen molar-refractivity contribution in [2.24, 2.45) is 0 Å². The molecule has 0 radical (unpaired) electrons. The summed E-state index contributed by atoms with van der Waals surface area (Å²) in [6, 6.07) is 23.1. The van der Waals surface area contributed by atoms with E-state index in [1.165, 1.54) is 5.69 Å². The lowest BCUT2D eigenvalue weighted by atomic mass is 10.1. The topological polar surface area (TPSA) is 91.7 Å². The number of aromatic nitrogens is 3. The van der Waals surface area contributed by atoms with Crippen LogP contribution in [0.2, 0.25) is 0 Å². The maximum Gasteiger partial charge on any atom is 0.180 e. The standard InChI is InChI=1S/C15H11BrN2O.C10H8Br2O2.C5H6N2/c16-10-4-5-13-11(9-10)15-12(6-8-19-13)18-7-2-1-3-14(18)17-15;11-6-1-2-9-7(5-6)10(13)8(12)3-4-14-9;6-5-3-1-2-4-7-5/h1-5,7,9H,6,8H2;1-2,5,8H,3-4H2;1-4H,(H2,6,7). The van der Waals surface area contributed by atoms with E-state index in [-0.39, 0.29) is 10.6 Å². The Labute approximate surface area is 257 Å². The number of hydrogen-bond acceptors (Lipinski definition) is 6. The normalized spacial score (nSPS) is 15.3. The van der Waals surface area contributed by atoms with Crippen LogP contribution in [0.5, 0.6) is 11.5 Å². The maximum absolute atomic E-state index is 11.8. The third kappa shape index (κ3) is 6.56. The van der Waals surface area contributed by atoms with E-state index >= 15 is 0 Å². The fraction of sp³-hybridized carbons (Fsp3) is 0.167. The molecule has 1 unspecified atom stereocenters. The Bertz CT molecular complexity index is 1640. The molecule has 0 saturated carbocycles. The van der Waals surface area contributed by atoms with Crippen molar-refractivity contribution in [1.29, 1.82) is 0 Å². The molecule has 1 atom stereocenters. The van der Waals surface area contributed by atoms with Crippen LogP contribution in [0.3, 0.4) is 0 Å². The van der Waals surface area contributed by atoms with Gasteiger partial charge in [0.15, 0.2) is 5.78 Å². The van der Waals surface area contributed by atoms with Crippen LogP contribution in [-0.4, -0.2) is 38.2 Å². The van der Waals surface area contributed by atoms with Crippen molar-refractivity contribution in [2.75, 3.05) is 18.9 Å². The van der Waals surface area contributed by atoms with Crippen LogP contribution in [0.15, 0.2) is 94.1 Å². The predicted octanol–water partition coefficient (Wildman–Crippen LogP) is 7.54. The van der Waals surface area contributed by atoms with E-state index in [1.54, 1.807) is 18.3 Å². The highest BCUT2D eigenvalue weighted by atomic mass is 79.9. The molecule has 40 heavy (non-hydrogen) atoms. The molecule has 0 spiro atoms. The zero-order chi connectivity index (χ0) is 28.1. The molecule has 2 aliphatic rings. The van der Waals surface area contributed by atoms with E-state index in [1.807, 2.05) is 54.6 Å². The van der Waals surface area contributed by atoms with Gasteiger partial charge in [0.05, 0.1) is 35.0 Å². The molecule has 3 aromatic heterocycles. The van der Waals surface area contributed by atoms with Crippen molar-refractivity contribution < 1.29 is 14.3 Å². The number of carbonyl (C=O) groups is 1. The molecule has 2 aromatic carbocycles. The lowest BCUT2D eigenvalue weighted by Gasteiger charge is -2.06. The highest BCUT2D eigenvalue weighted by Gasteiger charge is 2.24. The first-order valence-corrected chi connectivity index (χ1v) is 15.1. The molecule has 2 aliphatic heterocycles. The quantitative estimate of drug-likeness (QED) is 0.166. The summed E-state index contributed by atoms with van der Waals surface area (Å²) < 4.78 is 15.4. The number of imidazole rings is 1. The number of anilines is 1. The molecule has 10 heteroatoms. The van der Waals surface area contributed by atoms with Crippen molar-refractivity contribution in [1.82, 2.24) is 14.4 Å². The molecular weight excluding hydrogens is 704 g/mol. The van der Waals surface area contributed by atoms with Crippen LogP contribution in [0, 0.1) is 0 Å². The number of nitrogens with zero attached hydrogens (tertiary/aromatic N) is 3. The van der Waals surface area contributed by atoms with Gasteiger partial charge in [0.2, 0.25) is 0 Å². The highest BCUT2D eigenvalue weighted by molar-refractivity contribution is 9.11. The lowest BCUT2D eigenvalue weighted by molar-refractivity contribution is 0.0991. The van der Waals surface area contributed by atoms with Gasteiger partial charge in [-0.15, -0.1) is 0 Å². The number of nitrogen functional groups attached to an aromatic ring is 1. The smallest absolute Gasteiger partial charge is 0.180 e. The SMILES string of the molecule is Brc1ccc2c(c1)-c1nc3ccccn3c1CCO2.Nc1ccccn1.O=C1c2cc(Br)ccc2OCCC1Br. The highest BCUT2D eigenvalue weighted by Crippen LogP contribution is 2.37. The molecule has 2 N–H and O–H groups in total. The average molecular weight is 729 g/mol. The number of fused-ring (bicyclic) bond motifs is 6. The maximum atomic E-state index is 11.8. The van der Waals surface area contributed by atoms with Crippen LogP contribution < -0.4 is 15.2 Å². The summed E-state index contributed by atoms with van der Waals surface area (Å²) in [6.07, 6.45) is 5.30. The molecular formula is C30H25Br3N4O3. The van der Waals surface area contributed by atoms with Gasteiger partial charge >= 0.3 is 0 Å². The van der Waals surface area contributed by atoms with E-state index in [2.05, 4.69) is 69.4 Å². The second-order valence-electron chi connectivity index (χ2n) is 8.94. The Morgan fingerprint density at radius 1 is 0.875 bits per heavy atom. The fourth-order valence-electron chi connectivity index (χ4n) is 4.34. The van der Waals surface area contributed by atoms with Gasteiger partial charge in [-0.25, -0.2) is 9.97 Å². The summed E-state index contributed by atoms with van der Waals surface area (Å²) >= 11 is 10.2. The average Bonchev–Trinajstić information content (AvgIpc) is 3.15. The van der Waals surface area contributed by atoms with Gasteiger partial charge in [-0.05, 0) is 60.7 Å². The molecule has 5 heterocycles. The van der Waals surface area contributed by atoms with E-state index in [0.717, 1.165) is 38.0 Å². The molecule has 204 valence electrons. The number of nitrogens with two attached hydrogens (primary N) is 1.